The lowest BCUT2D eigenvalue weighted by molar-refractivity contribution is -0.242. The minimum atomic E-state index is -5.17. The summed E-state index contributed by atoms with van der Waals surface area (Å²) in [4.78, 5) is 24.1. The number of alkyl halides is 3. The molecule has 3 N–H and O–H groups in total. The van der Waals surface area contributed by atoms with Crippen molar-refractivity contribution in [2.45, 2.75) is 18.7 Å². The van der Waals surface area contributed by atoms with Gasteiger partial charge >= 0.3 is 6.18 Å². The summed E-state index contributed by atoms with van der Waals surface area (Å²) in [5.74, 6) is -1.82. The maximum absolute atomic E-state index is 12.7. The molecule has 1 atom stereocenters. The molecule has 0 aliphatic rings. The molecule has 6 nitrogen and oxygen atoms in total. The molecule has 0 bridgehead atoms. The van der Waals surface area contributed by atoms with Crippen LogP contribution in [0.1, 0.15) is 17.3 Å². The van der Waals surface area contributed by atoms with Gasteiger partial charge in [0.15, 0.2) is 0 Å². The number of ether oxygens (including phenoxy) is 1. The lowest BCUT2D eigenvalue weighted by Gasteiger charge is -2.25. The number of carbonyl (C=O) groups excluding carboxylic acids is 2. The molecule has 1 unspecified atom stereocenters. The highest BCUT2D eigenvalue weighted by Crippen LogP contribution is 2.32. The second kappa shape index (κ2) is 8.07. The minimum absolute atomic E-state index is 0.0940. The first kappa shape index (κ1) is 21.5. The SMILES string of the molecule is COc1ccccc1NC(=O)c1ccc(NC(=O)C(C)(O)C(F)(F)F)c(Cl)c1. The number of amides is 2. The molecule has 0 aromatic heterocycles. The summed E-state index contributed by atoms with van der Waals surface area (Å²) in [6.07, 6.45) is -5.17. The number of para-hydroxylation sites is 2. The van der Waals surface area contributed by atoms with E-state index in [0.29, 0.717) is 18.4 Å². The van der Waals surface area contributed by atoms with Crippen LogP contribution in [0.3, 0.4) is 0 Å². The first-order valence-electron chi connectivity index (χ1n) is 7.82. The third-order valence-electron chi connectivity index (χ3n) is 3.83. The van der Waals surface area contributed by atoms with Crippen LogP contribution in [-0.2, 0) is 4.79 Å². The molecule has 150 valence electrons. The summed E-state index contributed by atoms with van der Waals surface area (Å²) < 4.78 is 43.3. The van der Waals surface area contributed by atoms with Gasteiger partial charge in [-0.3, -0.25) is 9.59 Å². The molecule has 2 aromatic carbocycles. The van der Waals surface area contributed by atoms with Crippen LogP contribution in [-0.4, -0.2) is 35.8 Å². The predicted molar refractivity (Wildman–Crippen MR) is 97.7 cm³/mol. The first-order valence-corrected chi connectivity index (χ1v) is 8.19. The van der Waals surface area contributed by atoms with Crippen LogP contribution < -0.4 is 15.4 Å². The molecule has 2 rings (SSSR count). The van der Waals surface area contributed by atoms with E-state index in [0.717, 1.165) is 6.07 Å². The highest BCUT2D eigenvalue weighted by atomic mass is 35.5. The van der Waals surface area contributed by atoms with Gasteiger partial charge in [-0.05, 0) is 37.3 Å². The third kappa shape index (κ3) is 4.55. The number of anilines is 2. The Morgan fingerprint density at radius 3 is 2.29 bits per heavy atom. The lowest BCUT2D eigenvalue weighted by atomic mass is 10.1. The average Bonchev–Trinajstić information content (AvgIpc) is 2.62. The van der Waals surface area contributed by atoms with E-state index < -0.39 is 23.6 Å². The van der Waals surface area contributed by atoms with Crippen molar-refractivity contribution in [1.29, 1.82) is 0 Å². The van der Waals surface area contributed by atoms with E-state index in [9.17, 15) is 27.9 Å². The maximum Gasteiger partial charge on any atom is 0.426 e. The molecule has 2 amide bonds. The summed E-state index contributed by atoms with van der Waals surface area (Å²) >= 11 is 5.96. The van der Waals surface area contributed by atoms with Gasteiger partial charge in [-0.15, -0.1) is 0 Å². The van der Waals surface area contributed by atoms with Gasteiger partial charge in [0.05, 0.1) is 23.5 Å². The number of rotatable bonds is 5. The van der Waals surface area contributed by atoms with Crippen molar-refractivity contribution < 1.29 is 32.6 Å². The van der Waals surface area contributed by atoms with Crippen LogP contribution >= 0.6 is 11.6 Å². The molecule has 0 radical (unpaired) electrons. The Morgan fingerprint density at radius 1 is 1.07 bits per heavy atom. The molecule has 0 aliphatic heterocycles. The summed E-state index contributed by atoms with van der Waals surface area (Å²) in [7, 11) is 1.44. The molecular formula is C18H16ClF3N2O4. The number of methoxy groups -OCH3 is 1. The van der Waals surface area contributed by atoms with Crippen LogP contribution in [0, 0.1) is 0 Å². The smallest absolute Gasteiger partial charge is 0.426 e. The molecule has 0 spiro atoms. The molecule has 0 fully saturated rings. The van der Waals surface area contributed by atoms with E-state index >= 15 is 0 Å². The number of nitrogens with one attached hydrogen (secondary N) is 2. The van der Waals surface area contributed by atoms with E-state index in [4.69, 9.17) is 16.3 Å². The zero-order valence-electron chi connectivity index (χ0n) is 14.7. The van der Waals surface area contributed by atoms with Crippen molar-refractivity contribution in [3.63, 3.8) is 0 Å². The Hall–Kier alpha value is -2.78. The van der Waals surface area contributed by atoms with E-state index in [1.807, 2.05) is 5.32 Å². The van der Waals surface area contributed by atoms with Gasteiger partial charge in [-0.2, -0.15) is 13.2 Å². The zero-order chi connectivity index (χ0) is 21.1. The highest BCUT2D eigenvalue weighted by Gasteiger charge is 2.55. The maximum atomic E-state index is 12.7. The fourth-order valence-electron chi connectivity index (χ4n) is 2.07. The van der Waals surface area contributed by atoms with Crippen molar-refractivity contribution in [1.82, 2.24) is 0 Å². The largest absolute Gasteiger partial charge is 0.495 e. The Morgan fingerprint density at radius 2 is 1.71 bits per heavy atom. The second-order valence-corrected chi connectivity index (χ2v) is 6.28. The summed E-state index contributed by atoms with van der Waals surface area (Å²) in [5, 5.41) is 13.7. The first-order chi connectivity index (χ1) is 13.0. The van der Waals surface area contributed by atoms with Crippen molar-refractivity contribution in [2.24, 2.45) is 0 Å². The number of aliphatic hydroxyl groups is 1. The molecule has 28 heavy (non-hydrogen) atoms. The molecule has 0 saturated heterocycles. The van der Waals surface area contributed by atoms with Crippen LogP contribution in [0.2, 0.25) is 5.02 Å². The Labute approximate surface area is 163 Å². The van der Waals surface area contributed by atoms with Gasteiger partial charge in [0.1, 0.15) is 5.75 Å². The Bertz CT molecular complexity index is 901. The fraction of sp³-hybridized carbons (Fsp3) is 0.222. The normalized spacial score (nSPS) is 13.4. The fourth-order valence-corrected chi connectivity index (χ4v) is 2.30. The van der Waals surface area contributed by atoms with Crippen molar-refractivity contribution in [2.75, 3.05) is 17.7 Å². The molecule has 10 heteroatoms. The molecule has 0 aliphatic carbocycles. The van der Waals surface area contributed by atoms with E-state index in [2.05, 4.69) is 5.32 Å². The van der Waals surface area contributed by atoms with Crippen molar-refractivity contribution >= 4 is 34.8 Å². The van der Waals surface area contributed by atoms with Crippen molar-refractivity contribution in [3.05, 3.63) is 53.1 Å². The van der Waals surface area contributed by atoms with Gasteiger partial charge < -0.3 is 20.5 Å². The number of hydrogen-bond acceptors (Lipinski definition) is 4. The number of benzene rings is 2. The van der Waals surface area contributed by atoms with E-state index in [-0.39, 0.29) is 16.3 Å². The molecular weight excluding hydrogens is 401 g/mol. The monoisotopic (exact) mass is 416 g/mol. The van der Waals surface area contributed by atoms with Gasteiger partial charge in [-0.25, -0.2) is 0 Å². The quantitative estimate of drug-likeness (QED) is 0.690. The molecule has 0 saturated carbocycles. The summed E-state index contributed by atoms with van der Waals surface area (Å²) in [5.41, 5.74) is -3.29. The number of halogens is 4. The van der Waals surface area contributed by atoms with Gasteiger partial charge in [0.25, 0.3) is 11.8 Å². The molecule has 0 heterocycles. The van der Waals surface area contributed by atoms with Crippen LogP contribution in [0.15, 0.2) is 42.5 Å². The van der Waals surface area contributed by atoms with Gasteiger partial charge in [0.2, 0.25) is 5.60 Å². The van der Waals surface area contributed by atoms with E-state index in [1.54, 1.807) is 24.3 Å². The average molecular weight is 417 g/mol. The third-order valence-corrected chi connectivity index (χ3v) is 4.14. The van der Waals surface area contributed by atoms with Crippen LogP contribution in [0.5, 0.6) is 5.75 Å². The molecule has 2 aromatic rings. The Kier molecular flexibility index (Phi) is 6.20. The Balaban J connectivity index is 2.18. The standard InChI is InChI=1S/C18H16ClF3N2O4/c1-17(27,18(20,21)22)16(26)24-12-8-7-10(9-11(12)19)15(25)23-13-5-3-4-6-14(13)28-2/h3-9,27H,1-2H3,(H,23,25)(H,24,26). The van der Waals surface area contributed by atoms with Crippen LogP contribution in [0.4, 0.5) is 24.5 Å². The topological polar surface area (TPSA) is 87.7 Å². The summed E-state index contributed by atoms with van der Waals surface area (Å²) in [6.45, 7) is 0.325. The van der Waals surface area contributed by atoms with Crippen LogP contribution in [0.25, 0.3) is 0 Å². The van der Waals surface area contributed by atoms with Gasteiger partial charge in [0, 0.05) is 5.56 Å². The highest BCUT2D eigenvalue weighted by molar-refractivity contribution is 6.34. The van der Waals surface area contributed by atoms with Gasteiger partial charge in [-0.1, -0.05) is 23.7 Å². The lowest BCUT2D eigenvalue weighted by Crippen LogP contribution is -2.52. The number of carbonyl (C=O) groups is 2. The zero-order valence-corrected chi connectivity index (χ0v) is 15.5. The number of hydrogen-bond donors (Lipinski definition) is 3. The summed E-state index contributed by atoms with van der Waals surface area (Å²) in [6, 6.07) is 10.3. The van der Waals surface area contributed by atoms with Crippen molar-refractivity contribution in [3.8, 4) is 5.75 Å². The van der Waals surface area contributed by atoms with E-state index in [1.165, 1.54) is 19.2 Å². The predicted octanol–water partition coefficient (Wildman–Crippen LogP) is 3.85. The minimum Gasteiger partial charge on any atom is -0.495 e. The second-order valence-electron chi connectivity index (χ2n) is 5.87.